The molecule has 0 bridgehead atoms. The second kappa shape index (κ2) is 9.78. The first kappa shape index (κ1) is 19.7. The van der Waals surface area contributed by atoms with Crippen LogP contribution in [0.1, 0.15) is 34.1 Å². The van der Waals surface area contributed by atoms with E-state index in [0.717, 1.165) is 38.2 Å². The first-order chi connectivity index (χ1) is 13.1. The van der Waals surface area contributed by atoms with Crippen molar-refractivity contribution >= 4 is 23.0 Å². The van der Waals surface area contributed by atoms with Gasteiger partial charge in [0.1, 0.15) is 0 Å². The van der Waals surface area contributed by atoms with Gasteiger partial charge < -0.3 is 10.1 Å². The lowest BCUT2D eigenvalue weighted by molar-refractivity contribution is -0.121. The Kier molecular flexibility index (Phi) is 7.15. The molecule has 5 nitrogen and oxygen atoms in total. The van der Waals surface area contributed by atoms with Gasteiger partial charge >= 0.3 is 0 Å². The van der Waals surface area contributed by atoms with Gasteiger partial charge in [-0.15, -0.1) is 11.3 Å². The number of nitrogens with zero attached hydrogens (tertiary/aromatic N) is 1. The van der Waals surface area contributed by atoms with Crippen molar-refractivity contribution in [3.63, 3.8) is 0 Å². The Balaban J connectivity index is 1.47. The van der Waals surface area contributed by atoms with Crippen LogP contribution in [0.25, 0.3) is 0 Å². The average Bonchev–Trinajstić information content (AvgIpc) is 3.01. The fourth-order valence-corrected chi connectivity index (χ4v) is 4.02. The van der Waals surface area contributed by atoms with Gasteiger partial charge in [0, 0.05) is 32.8 Å². The molecule has 3 rings (SSSR count). The van der Waals surface area contributed by atoms with E-state index >= 15 is 0 Å². The highest BCUT2D eigenvalue weighted by atomic mass is 32.1. The number of hydrogen-bond donors (Lipinski definition) is 1. The molecule has 0 spiro atoms. The first-order valence-electron chi connectivity index (χ1n) is 9.33. The van der Waals surface area contributed by atoms with Crippen molar-refractivity contribution in [2.45, 2.75) is 32.4 Å². The SMILES string of the molecule is CC(=O)c1cc(CC(=O)NCC2CN(Cc3ccccc3)CCCO2)cs1. The van der Waals surface area contributed by atoms with Crippen molar-refractivity contribution in [3.05, 3.63) is 57.8 Å². The molecule has 1 unspecified atom stereocenters. The Labute approximate surface area is 164 Å². The lowest BCUT2D eigenvalue weighted by atomic mass is 10.2. The number of ether oxygens (including phenoxy) is 1. The van der Waals surface area contributed by atoms with Crippen LogP contribution in [0, 0.1) is 0 Å². The molecule has 2 heterocycles. The summed E-state index contributed by atoms with van der Waals surface area (Å²) >= 11 is 1.39. The third kappa shape index (κ3) is 6.27. The van der Waals surface area contributed by atoms with Gasteiger partial charge in [-0.3, -0.25) is 14.5 Å². The van der Waals surface area contributed by atoms with Gasteiger partial charge in [-0.2, -0.15) is 0 Å². The number of rotatable bonds is 7. The monoisotopic (exact) mass is 386 g/mol. The van der Waals surface area contributed by atoms with Gasteiger partial charge in [0.05, 0.1) is 17.4 Å². The molecule has 1 fully saturated rings. The zero-order chi connectivity index (χ0) is 19.1. The fraction of sp³-hybridized carbons (Fsp3) is 0.429. The maximum atomic E-state index is 12.2. The quantitative estimate of drug-likeness (QED) is 0.744. The summed E-state index contributed by atoms with van der Waals surface area (Å²) in [6.45, 7) is 5.48. The number of Topliss-reactive ketones (excluding diaryl/α,β-unsaturated/α-hetero) is 1. The van der Waals surface area contributed by atoms with Crippen LogP contribution < -0.4 is 5.32 Å². The summed E-state index contributed by atoms with van der Waals surface area (Å²) in [6, 6.07) is 12.2. The molecule has 0 aliphatic carbocycles. The molecular weight excluding hydrogens is 360 g/mol. The minimum absolute atomic E-state index is 0.00424. The zero-order valence-electron chi connectivity index (χ0n) is 15.6. The summed E-state index contributed by atoms with van der Waals surface area (Å²) in [6.07, 6.45) is 1.29. The van der Waals surface area contributed by atoms with E-state index in [9.17, 15) is 9.59 Å². The van der Waals surface area contributed by atoms with Crippen LogP contribution in [-0.2, 0) is 22.5 Å². The lowest BCUT2D eigenvalue weighted by Crippen LogP contribution is -2.40. The number of amides is 1. The lowest BCUT2D eigenvalue weighted by Gasteiger charge is -2.24. The second-order valence-corrected chi connectivity index (χ2v) is 7.83. The van der Waals surface area contributed by atoms with E-state index in [2.05, 4.69) is 34.5 Å². The van der Waals surface area contributed by atoms with Crippen molar-refractivity contribution in [2.75, 3.05) is 26.2 Å². The Morgan fingerprint density at radius 3 is 2.81 bits per heavy atom. The molecule has 2 aromatic rings. The summed E-state index contributed by atoms with van der Waals surface area (Å²) < 4.78 is 5.91. The van der Waals surface area contributed by atoms with Crippen molar-refractivity contribution in [2.24, 2.45) is 0 Å². The van der Waals surface area contributed by atoms with E-state index in [1.54, 1.807) is 13.0 Å². The number of carbonyl (C=O) groups is 2. The van der Waals surface area contributed by atoms with Gasteiger partial charge in [0.15, 0.2) is 5.78 Å². The molecule has 144 valence electrons. The molecule has 1 aromatic carbocycles. The minimum atomic E-state index is -0.0367. The molecule has 27 heavy (non-hydrogen) atoms. The molecule has 1 N–H and O–H groups in total. The summed E-state index contributed by atoms with van der Waals surface area (Å²) in [5, 5.41) is 4.86. The van der Waals surface area contributed by atoms with Crippen LogP contribution >= 0.6 is 11.3 Å². The Morgan fingerprint density at radius 1 is 1.26 bits per heavy atom. The van der Waals surface area contributed by atoms with Gasteiger partial charge in [0.25, 0.3) is 0 Å². The van der Waals surface area contributed by atoms with Crippen molar-refractivity contribution in [1.29, 1.82) is 0 Å². The van der Waals surface area contributed by atoms with Crippen molar-refractivity contribution < 1.29 is 14.3 Å². The first-order valence-corrected chi connectivity index (χ1v) is 10.2. The molecule has 6 heteroatoms. The number of carbonyl (C=O) groups excluding carboxylic acids is 2. The van der Waals surface area contributed by atoms with Crippen LogP contribution in [0.2, 0.25) is 0 Å². The highest BCUT2D eigenvalue weighted by Gasteiger charge is 2.19. The van der Waals surface area contributed by atoms with Crippen LogP contribution in [0.3, 0.4) is 0 Å². The summed E-state index contributed by atoms with van der Waals surface area (Å²) in [5.41, 5.74) is 2.18. The standard InChI is InChI=1S/C21H26N2O3S/c1-16(24)20-10-18(15-27-20)11-21(25)22-12-19-14-23(8-5-9-26-19)13-17-6-3-2-4-7-17/h2-4,6-7,10,15,19H,5,8-9,11-14H2,1H3,(H,22,25). The van der Waals surface area contributed by atoms with E-state index in [-0.39, 0.29) is 17.8 Å². The van der Waals surface area contributed by atoms with E-state index < -0.39 is 0 Å². The maximum Gasteiger partial charge on any atom is 0.224 e. The number of benzene rings is 1. The molecule has 0 saturated carbocycles. The van der Waals surface area contributed by atoms with Crippen LogP contribution in [0.5, 0.6) is 0 Å². The normalized spacial score (nSPS) is 18.0. The third-order valence-corrected chi connectivity index (χ3v) is 5.66. The summed E-state index contributed by atoms with van der Waals surface area (Å²) in [4.78, 5) is 26.7. The van der Waals surface area contributed by atoms with Gasteiger partial charge in [0.2, 0.25) is 5.91 Å². The van der Waals surface area contributed by atoms with E-state index in [1.807, 2.05) is 11.4 Å². The van der Waals surface area contributed by atoms with Gasteiger partial charge in [-0.1, -0.05) is 30.3 Å². The highest BCUT2D eigenvalue weighted by molar-refractivity contribution is 7.12. The molecule has 1 saturated heterocycles. The van der Waals surface area contributed by atoms with Crippen molar-refractivity contribution in [3.8, 4) is 0 Å². The minimum Gasteiger partial charge on any atom is -0.375 e. The van der Waals surface area contributed by atoms with E-state index in [0.29, 0.717) is 17.8 Å². The number of ketones is 1. The van der Waals surface area contributed by atoms with Gasteiger partial charge in [-0.05, 0) is 35.9 Å². The molecular formula is C21H26N2O3S. The molecule has 0 radical (unpaired) electrons. The largest absolute Gasteiger partial charge is 0.375 e. The number of nitrogens with one attached hydrogen (secondary N) is 1. The smallest absolute Gasteiger partial charge is 0.224 e. The molecule has 1 amide bonds. The van der Waals surface area contributed by atoms with Crippen LogP contribution in [0.15, 0.2) is 41.8 Å². The topological polar surface area (TPSA) is 58.6 Å². The fourth-order valence-electron chi connectivity index (χ4n) is 3.21. The van der Waals surface area contributed by atoms with Crippen LogP contribution in [0.4, 0.5) is 0 Å². The Bertz CT molecular complexity index is 760. The second-order valence-electron chi connectivity index (χ2n) is 6.92. The average molecular weight is 387 g/mol. The number of hydrogen-bond acceptors (Lipinski definition) is 5. The van der Waals surface area contributed by atoms with E-state index in [4.69, 9.17) is 4.74 Å². The molecule has 1 aliphatic rings. The zero-order valence-corrected chi connectivity index (χ0v) is 16.5. The maximum absolute atomic E-state index is 12.2. The number of thiophene rings is 1. The van der Waals surface area contributed by atoms with Gasteiger partial charge in [-0.25, -0.2) is 0 Å². The van der Waals surface area contributed by atoms with Crippen molar-refractivity contribution in [1.82, 2.24) is 10.2 Å². The molecule has 1 atom stereocenters. The summed E-state index contributed by atoms with van der Waals surface area (Å²) in [7, 11) is 0. The Morgan fingerprint density at radius 2 is 2.07 bits per heavy atom. The predicted octanol–water partition coefficient (Wildman–Crippen LogP) is 2.90. The molecule has 1 aliphatic heterocycles. The van der Waals surface area contributed by atoms with Crippen LogP contribution in [-0.4, -0.2) is 48.9 Å². The van der Waals surface area contributed by atoms with E-state index in [1.165, 1.54) is 16.9 Å². The predicted molar refractivity (Wildman–Crippen MR) is 107 cm³/mol. The highest BCUT2D eigenvalue weighted by Crippen LogP contribution is 2.16. The Hall–Kier alpha value is -2.02. The third-order valence-electron chi connectivity index (χ3n) is 4.58. The molecule has 1 aromatic heterocycles. The summed E-state index contributed by atoms with van der Waals surface area (Å²) in [5.74, 6) is 0.00220.